The minimum atomic E-state index is -0.151. The van der Waals surface area contributed by atoms with Gasteiger partial charge in [-0.3, -0.25) is 9.59 Å². The van der Waals surface area contributed by atoms with Gasteiger partial charge in [-0.05, 0) is 31.2 Å². The van der Waals surface area contributed by atoms with Crippen LogP contribution < -0.4 is 0 Å². The van der Waals surface area contributed by atoms with Crippen LogP contribution in [-0.2, 0) is 20.7 Å². The number of aromatic nitrogens is 2. The van der Waals surface area contributed by atoms with Crippen LogP contribution in [0.2, 0.25) is 0 Å². The van der Waals surface area contributed by atoms with Gasteiger partial charge in [-0.1, -0.05) is 0 Å². The standard InChI is InChI=1S/C17H21N3O4S/c1-2-23-17(22)12-5-8-20(9-6-12)15(21)4-3-14-18-19-16(24-14)13-7-10-25-11-13/h7,10-12H,2-6,8-9H2,1H3. The van der Waals surface area contributed by atoms with E-state index in [4.69, 9.17) is 9.15 Å². The van der Waals surface area contributed by atoms with E-state index in [9.17, 15) is 9.59 Å². The molecule has 8 heteroatoms. The van der Waals surface area contributed by atoms with Gasteiger partial charge in [-0.15, -0.1) is 10.2 Å². The molecule has 3 heterocycles. The molecule has 1 aliphatic rings. The Balaban J connectivity index is 1.45. The van der Waals surface area contributed by atoms with Crippen LogP contribution in [0.3, 0.4) is 0 Å². The van der Waals surface area contributed by atoms with E-state index >= 15 is 0 Å². The van der Waals surface area contributed by atoms with Crippen LogP contribution in [0.25, 0.3) is 11.5 Å². The van der Waals surface area contributed by atoms with E-state index in [-0.39, 0.29) is 17.8 Å². The number of ether oxygens (including phenoxy) is 1. The van der Waals surface area contributed by atoms with Crippen LogP contribution in [0.1, 0.15) is 32.1 Å². The first-order chi connectivity index (χ1) is 12.2. The lowest BCUT2D eigenvalue weighted by Gasteiger charge is -2.30. The third kappa shape index (κ3) is 4.45. The van der Waals surface area contributed by atoms with Crippen molar-refractivity contribution in [1.82, 2.24) is 15.1 Å². The van der Waals surface area contributed by atoms with Gasteiger partial charge in [0, 0.05) is 36.9 Å². The predicted octanol–water partition coefficient (Wildman–Crippen LogP) is 2.53. The predicted molar refractivity (Wildman–Crippen MR) is 91.9 cm³/mol. The average molecular weight is 363 g/mol. The van der Waals surface area contributed by atoms with Crippen LogP contribution >= 0.6 is 11.3 Å². The fraction of sp³-hybridized carbons (Fsp3) is 0.529. The maximum Gasteiger partial charge on any atom is 0.309 e. The first kappa shape index (κ1) is 17.6. The Kier molecular flexibility index (Phi) is 5.80. The van der Waals surface area contributed by atoms with Gasteiger partial charge in [0.25, 0.3) is 0 Å². The molecular weight excluding hydrogens is 342 g/mol. The van der Waals surface area contributed by atoms with E-state index in [0.29, 0.717) is 57.2 Å². The van der Waals surface area contributed by atoms with E-state index < -0.39 is 0 Å². The topological polar surface area (TPSA) is 85.5 Å². The maximum absolute atomic E-state index is 12.3. The number of likely N-dealkylation sites (tertiary alicyclic amines) is 1. The Morgan fingerprint density at radius 2 is 2.16 bits per heavy atom. The highest BCUT2D eigenvalue weighted by Gasteiger charge is 2.28. The van der Waals surface area contributed by atoms with Crippen molar-refractivity contribution >= 4 is 23.2 Å². The van der Waals surface area contributed by atoms with Crippen molar-refractivity contribution in [1.29, 1.82) is 0 Å². The number of hydrogen-bond donors (Lipinski definition) is 0. The molecule has 1 saturated heterocycles. The molecule has 2 aromatic heterocycles. The summed E-state index contributed by atoms with van der Waals surface area (Å²) in [6.45, 7) is 3.38. The molecule has 0 radical (unpaired) electrons. The van der Waals surface area contributed by atoms with Gasteiger partial charge in [0.05, 0.1) is 12.5 Å². The number of piperidine rings is 1. The van der Waals surface area contributed by atoms with Crippen LogP contribution in [0, 0.1) is 5.92 Å². The molecule has 0 saturated carbocycles. The van der Waals surface area contributed by atoms with Crippen molar-refractivity contribution in [3.63, 3.8) is 0 Å². The molecule has 0 aliphatic carbocycles. The second-order valence-corrected chi connectivity index (χ2v) is 6.70. The largest absolute Gasteiger partial charge is 0.466 e. The molecule has 0 N–H and O–H groups in total. The van der Waals surface area contributed by atoms with Crippen LogP contribution in [0.4, 0.5) is 0 Å². The minimum absolute atomic E-state index is 0.0533. The number of esters is 1. The van der Waals surface area contributed by atoms with Gasteiger partial charge in [0.1, 0.15) is 0 Å². The fourth-order valence-corrected chi connectivity index (χ4v) is 3.48. The summed E-state index contributed by atoms with van der Waals surface area (Å²) >= 11 is 1.56. The molecule has 0 atom stereocenters. The van der Waals surface area contributed by atoms with E-state index in [1.54, 1.807) is 23.2 Å². The molecule has 1 aliphatic heterocycles. The number of nitrogens with zero attached hydrogens (tertiary/aromatic N) is 3. The first-order valence-corrected chi connectivity index (χ1v) is 9.41. The van der Waals surface area contributed by atoms with Gasteiger partial charge in [0.15, 0.2) is 0 Å². The van der Waals surface area contributed by atoms with Crippen molar-refractivity contribution in [2.75, 3.05) is 19.7 Å². The smallest absolute Gasteiger partial charge is 0.309 e. The molecule has 0 unspecified atom stereocenters. The molecule has 134 valence electrons. The van der Waals surface area contributed by atoms with E-state index in [1.807, 2.05) is 16.8 Å². The van der Waals surface area contributed by atoms with E-state index in [0.717, 1.165) is 5.56 Å². The van der Waals surface area contributed by atoms with Crippen molar-refractivity contribution in [3.05, 3.63) is 22.7 Å². The SMILES string of the molecule is CCOC(=O)C1CCN(C(=O)CCc2nnc(-c3ccsc3)o2)CC1. The highest BCUT2D eigenvalue weighted by molar-refractivity contribution is 7.08. The number of carbonyl (C=O) groups is 2. The Bertz CT molecular complexity index is 705. The number of aryl methyl sites for hydroxylation is 1. The number of hydrogen-bond acceptors (Lipinski definition) is 7. The molecule has 0 bridgehead atoms. The molecule has 3 rings (SSSR count). The second kappa shape index (κ2) is 8.24. The van der Waals surface area contributed by atoms with Gasteiger partial charge >= 0.3 is 5.97 Å². The summed E-state index contributed by atoms with van der Waals surface area (Å²) in [5.74, 6) is 0.766. The third-order valence-corrected chi connectivity index (χ3v) is 4.94. The zero-order valence-electron chi connectivity index (χ0n) is 14.1. The number of amides is 1. The highest BCUT2D eigenvalue weighted by atomic mass is 32.1. The molecule has 1 amide bonds. The van der Waals surface area contributed by atoms with Crippen molar-refractivity contribution in [2.24, 2.45) is 5.92 Å². The molecule has 0 aromatic carbocycles. The van der Waals surface area contributed by atoms with Crippen LogP contribution in [0.5, 0.6) is 0 Å². The molecule has 0 spiro atoms. The van der Waals surface area contributed by atoms with Crippen molar-refractivity contribution in [2.45, 2.75) is 32.6 Å². The lowest BCUT2D eigenvalue weighted by atomic mass is 9.97. The Morgan fingerprint density at radius 3 is 2.84 bits per heavy atom. The van der Waals surface area contributed by atoms with E-state index in [2.05, 4.69) is 10.2 Å². The first-order valence-electron chi connectivity index (χ1n) is 8.46. The lowest BCUT2D eigenvalue weighted by Crippen LogP contribution is -2.40. The Labute approximate surface area is 150 Å². The van der Waals surface area contributed by atoms with Crippen molar-refractivity contribution in [3.8, 4) is 11.5 Å². The molecular formula is C17H21N3O4S. The summed E-state index contributed by atoms with van der Waals surface area (Å²) < 4.78 is 10.6. The van der Waals surface area contributed by atoms with Crippen LogP contribution in [-0.4, -0.2) is 46.7 Å². The normalized spacial score (nSPS) is 15.3. The quantitative estimate of drug-likeness (QED) is 0.733. The zero-order chi connectivity index (χ0) is 17.6. The Morgan fingerprint density at radius 1 is 1.36 bits per heavy atom. The second-order valence-electron chi connectivity index (χ2n) is 5.92. The summed E-state index contributed by atoms with van der Waals surface area (Å²) in [5.41, 5.74) is 0.899. The number of rotatable bonds is 6. The molecule has 25 heavy (non-hydrogen) atoms. The highest BCUT2D eigenvalue weighted by Crippen LogP contribution is 2.22. The van der Waals surface area contributed by atoms with Gasteiger partial charge in [-0.2, -0.15) is 11.3 Å². The number of thiophene rings is 1. The fourth-order valence-electron chi connectivity index (χ4n) is 2.85. The summed E-state index contributed by atoms with van der Waals surface area (Å²) in [4.78, 5) is 25.9. The molecule has 1 fully saturated rings. The maximum atomic E-state index is 12.3. The van der Waals surface area contributed by atoms with Gasteiger partial charge in [-0.25, -0.2) is 0 Å². The van der Waals surface area contributed by atoms with Gasteiger partial charge in [0.2, 0.25) is 17.7 Å². The zero-order valence-corrected chi connectivity index (χ0v) is 15.0. The Hall–Kier alpha value is -2.22. The third-order valence-electron chi connectivity index (χ3n) is 4.26. The van der Waals surface area contributed by atoms with E-state index in [1.165, 1.54) is 0 Å². The minimum Gasteiger partial charge on any atom is -0.466 e. The molecule has 2 aromatic rings. The summed E-state index contributed by atoms with van der Waals surface area (Å²) in [7, 11) is 0. The molecule has 7 nitrogen and oxygen atoms in total. The lowest BCUT2D eigenvalue weighted by molar-refractivity contribution is -0.151. The average Bonchev–Trinajstić information content (AvgIpc) is 3.31. The van der Waals surface area contributed by atoms with Gasteiger partial charge < -0.3 is 14.1 Å². The van der Waals surface area contributed by atoms with Crippen LogP contribution in [0.15, 0.2) is 21.2 Å². The monoisotopic (exact) mass is 363 g/mol. The summed E-state index contributed by atoms with van der Waals surface area (Å²) in [6, 6.07) is 1.92. The number of carbonyl (C=O) groups excluding carboxylic acids is 2. The summed E-state index contributed by atoms with van der Waals surface area (Å²) in [6.07, 6.45) is 2.07. The van der Waals surface area contributed by atoms with Crippen molar-refractivity contribution < 1.29 is 18.7 Å². The summed E-state index contributed by atoms with van der Waals surface area (Å²) in [5, 5.41) is 11.9.